The fraction of sp³-hybridized carbons (Fsp3) is 0.250. The first kappa shape index (κ1) is 12.1. The van der Waals surface area contributed by atoms with Gasteiger partial charge in [0.15, 0.2) is 11.5 Å². The summed E-state index contributed by atoms with van der Waals surface area (Å²) in [5.41, 5.74) is -0.0522. The molecule has 0 heterocycles. The van der Waals surface area contributed by atoms with E-state index in [0.717, 1.165) is 6.07 Å². The Morgan fingerprint density at radius 2 is 1.93 bits per heavy atom. The number of aliphatic hydroxyl groups is 1. The van der Waals surface area contributed by atoms with Crippen LogP contribution in [0.4, 0.5) is 13.2 Å². The summed E-state index contributed by atoms with van der Waals surface area (Å²) in [7, 11) is 0. The molecule has 0 atom stereocenters. The summed E-state index contributed by atoms with van der Waals surface area (Å²) in [6.45, 7) is -0.584. The molecule has 0 bridgehead atoms. The Balaban J connectivity index is 3.12. The smallest absolute Gasteiger partial charge is 0.504 e. The van der Waals surface area contributed by atoms with Crippen LogP contribution < -0.4 is 4.74 Å². The lowest BCUT2D eigenvalue weighted by Gasteiger charge is -2.12. The molecule has 0 aliphatic heterocycles. The Labute approximate surface area is 91.2 Å². The van der Waals surface area contributed by atoms with Crippen molar-refractivity contribution in [1.82, 2.24) is 0 Å². The maximum Gasteiger partial charge on any atom is 0.573 e. The number of ether oxygens (including phenoxy) is 1. The van der Waals surface area contributed by atoms with Gasteiger partial charge in [-0.3, -0.25) is 0 Å². The van der Waals surface area contributed by atoms with E-state index in [-0.39, 0.29) is 10.0 Å². The number of aromatic hydroxyl groups is 1. The lowest BCUT2D eigenvalue weighted by molar-refractivity contribution is -0.275. The molecule has 1 aromatic rings. The van der Waals surface area contributed by atoms with Gasteiger partial charge in [-0.15, -0.1) is 13.2 Å². The van der Waals surface area contributed by atoms with Gasteiger partial charge in [0, 0.05) is 10.0 Å². The molecule has 0 aromatic heterocycles. The summed E-state index contributed by atoms with van der Waals surface area (Å²) in [5.74, 6) is -1.47. The molecular formula is C8H6BrF3O3. The average molecular weight is 287 g/mol. The minimum Gasteiger partial charge on any atom is -0.504 e. The molecule has 0 radical (unpaired) electrons. The Bertz CT molecular complexity index is 365. The van der Waals surface area contributed by atoms with Crippen LogP contribution in [-0.4, -0.2) is 16.6 Å². The van der Waals surface area contributed by atoms with Gasteiger partial charge >= 0.3 is 6.36 Å². The lowest BCUT2D eigenvalue weighted by Crippen LogP contribution is -2.17. The molecule has 0 aliphatic rings. The SMILES string of the molecule is OCc1cc(Br)cc(OC(F)(F)F)c1O. The third-order valence-corrected chi connectivity index (χ3v) is 1.97. The minimum absolute atomic E-state index is 0.0522. The highest BCUT2D eigenvalue weighted by Gasteiger charge is 2.32. The fourth-order valence-electron chi connectivity index (χ4n) is 0.951. The molecule has 0 saturated heterocycles. The monoisotopic (exact) mass is 286 g/mol. The van der Waals surface area contributed by atoms with E-state index < -0.39 is 24.5 Å². The molecular weight excluding hydrogens is 281 g/mol. The number of aliphatic hydroxyl groups excluding tert-OH is 1. The van der Waals surface area contributed by atoms with Gasteiger partial charge in [-0.25, -0.2) is 0 Å². The first-order chi connectivity index (χ1) is 6.83. The third-order valence-electron chi connectivity index (χ3n) is 1.51. The van der Waals surface area contributed by atoms with Crippen molar-refractivity contribution in [2.24, 2.45) is 0 Å². The predicted molar refractivity (Wildman–Crippen MR) is 48.4 cm³/mol. The number of benzene rings is 1. The fourth-order valence-corrected chi connectivity index (χ4v) is 1.44. The number of phenols is 1. The van der Waals surface area contributed by atoms with Crippen molar-refractivity contribution in [3.63, 3.8) is 0 Å². The lowest BCUT2D eigenvalue weighted by atomic mass is 10.2. The van der Waals surface area contributed by atoms with E-state index in [9.17, 15) is 18.3 Å². The zero-order valence-corrected chi connectivity index (χ0v) is 8.76. The normalized spacial score (nSPS) is 11.5. The van der Waals surface area contributed by atoms with Crippen molar-refractivity contribution in [3.8, 4) is 11.5 Å². The Morgan fingerprint density at radius 3 is 2.40 bits per heavy atom. The number of alkyl halides is 3. The number of rotatable bonds is 2. The summed E-state index contributed by atoms with van der Waals surface area (Å²) in [5, 5.41) is 18.0. The standard InChI is InChI=1S/C8H6BrF3O3/c9-5-1-4(3-13)7(14)6(2-5)15-8(10,11)12/h1-2,13-14H,3H2. The highest BCUT2D eigenvalue weighted by molar-refractivity contribution is 9.10. The molecule has 7 heteroatoms. The Morgan fingerprint density at radius 1 is 1.33 bits per heavy atom. The summed E-state index contributed by atoms with van der Waals surface area (Å²) >= 11 is 2.93. The molecule has 0 amide bonds. The van der Waals surface area contributed by atoms with E-state index in [1.165, 1.54) is 6.07 Å². The molecule has 3 nitrogen and oxygen atoms in total. The largest absolute Gasteiger partial charge is 0.573 e. The maximum absolute atomic E-state index is 11.9. The zero-order valence-electron chi connectivity index (χ0n) is 7.18. The number of halogens is 4. The van der Waals surface area contributed by atoms with Crippen LogP contribution in [0.25, 0.3) is 0 Å². The Hall–Kier alpha value is -0.950. The van der Waals surface area contributed by atoms with Crippen LogP contribution in [0.2, 0.25) is 0 Å². The summed E-state index contributed by atoms with van der Waals surface area (Å²) in [6.07, 6.45) is -4.88. The van der Waals surface area contributed by atoms with Crippen molar-refractivity contribution in [2.45, 2.75) is 13.0 Å². The summed E-state index contributed by atoms with van der Waals surface area (Å²) in [6, 6.07) is 2.25. The van der Waals surface area contributed by atoms with Crippen LogP contribution in [0.5, 0.6) is 11.5 Å². The van der Waals surface area contributed by atoms with E-state index in [2.05, 4.69) is 20.7 Å². The van der Waals surface area contributed by atoms with Gasteiger partial charge < -0.3 is 14.9 Å². The van der Waals surface area contributed by atoms with Crippen molar-refractivity contribution >= 4 is 15.9 Å². The average Bonchev–Trinajstić information content (AvgIpc) is 2.08. The molecule has 0 fully saturated rings. The molecule has 0 unspecified atom stereocenters. The van der Waals surface area contributed by atoms with Gasteiger partial charge in [-0.2, -0.15) is 0 Å². The highest BCUT2D eigenvalue weighted by Crippen LogP contribution is 2.36. The second kappa shape index (κ2) is 4.28. The van der Waals surface area contributed by atoms with E-state index in [1.54, 1.807) is 0 Å². The van der Waals surface area contributed by atoms with E-state index in [4.69, 9.17) is 5.11 Å². The van der Waals surface area contributed by atoms with Crippen LogP contribution >= 0.6 is 15.9 Å². The van der Waals surface area contributed by atoms with Crippen LogP contribution in [0, 0.1) is 0 Å². The summed E-state index contributed by atoms with van der Waals surface area (Å²) in [4.78, 5) is 0. The molecule has 1 aromatic carbocycles. The number of hydrogen-bond acceptors (Lipinski definition) is 3. The van der Waals surface area contributed by atoms with Gasteiger partial charge in [0.1, 0.15) is 0 Å². The molecule has 15 heavy (non-hydrogen) atoms. The topological polar surface area (TPSA) is 49.7 Å². The first-order valence-corrected chi connectivity index (χ1v) is 4.51. The second-order valence-corrected chi connectivity index (χ2v) is 3.53. The van der Waals surface area contributed by atoms with Gasteiger partial charge in [0.25, 0.3) is 0 Å². The van der Waals surface area contributed by atoms with Crippen molar-refractivity contribution in [2.75, 3.05) is 0 Å². The van der Waals surface area contributed by atoms with Gasteiger partial charge in [-0.1, -0.05) is 15.9 Å². The Kier molecular flexibility index (Phi) is 3.46. The van der Waals surface area contributed by atoms with Crippen LogP contribution in [0.15, 0.2) is 16.6 Å². The summed E-state index contributed by atoms with van der Waals surface area (Å²) < 4.78 is 39.5. The molecule has 1 rings (SSSR count). The zero-order chi connectivity index (χ0) is 11.6. The maximum atomic E-state index is 11.9. The van der Waals surface area contributed by atoms with Gasteiger partial charge in [0.2, 0.25) is 0 Å². The quantitative estimate of drug-likeness (QED) is 0.878. The first-order valence-electron chi connectivity index (χ1n) is 3.71. The van der Waals surface area contributed by atoms with Crippen LogP contribution in [-0.2, 0) is 6.61 Å². The van der Waals surface area contributed by atoms with E-state index in [1.807, 2.05) is 0 Å². The minimum atomic E-state index is -4.88. The van der Waals surface area contributed by atoms with Crippen molar-refractivity contribution < 1.29 is 28.1 Å². The molecule has 2 N–H and O–H groups in total. The predicted octanol–water partition coefficient (Wildman–Crippen LogP) is 2.55. The second-order valence-electron chi connectivity index (χ2n) is 2.62. The van der Waals surface area contributed by atoms with Gasteiger partial charge in [0.05, 0.1) is 6.61 Å². The third kappa shape index (κ3) is 3.28. The van der Waals surface area contributed by atoms with Crippen molar-refractivity contribution in [3.05, 3.63) is 22.2 Å². The van der Waals surface area contributed by atoms with Crippen LogP contribution in [0.3, 0.4) is 0 Å². The van der Waals surface area contributed by atoms with E-state index >= 15 is 0 Å². The van der Waals surface area contributed by atoms with Crippen LogP contribution in [0.1, 0.15) is 5.56 Å². The molecule has 0 saturated carbocycles. The highest BCUT2D eigenvalue weighted by atomic mass is 79.9. The molecule has 0 spiro atoms. The molecule has 84 valence electrons. The van der Waals surface area contributed by atoms with Gasteiger partial charge in [-0.05, 0) is 12.1 Å². The molecule has 0 aliphatic carbocycles. The van der Waals surface area contributed by atoms with Crippen molar-refractivity contribution in [1.29, 1.82) is 0 Å². The van der Waals surface area contributed by atoms with E-state index in [0.29, 0.717) is 0 Å². The number of hydrogen-bond donors (Lipinski definition) is 2.